The fraction of sp³-hybridized carbons (Fsp3) is 0.737. The number of hydrogen-bond donors (Lipinski definition) is 0. The molecule has 0 saturated heterocycles. The maximum Gasteiger partial charge on any atom is 0.180 e. The van der Waals surface area contributed by atoms with E-state index in [0.717, 1.165) is 5.57 Å². The summed E-state index contributed by atoms with van der Waals surface area (Å²) in [7, 11) is 0. The van der Waals surface area contributed by atoms with Crippen molar-refractivity contribution < 1.29 is 4.79 Å². The first-order valence-corrected chi connectivity index (χ1v) is 8.71. The van der Waals surface area contributed by atoms with Crippen LogP contribution in [0.25, 0.3) is 0 Å². The van der Waals surface area contributed by atoms with Gasteiger partial charge in [-0.25, -0.2) is 0 Å². The number of rotatable bonds is 2. The van der Waals surface area contributed by atoms with Crippen LogP contribution in [0.2, 0.25) is 0 Å². The predicted molar refractivity (Wildman–Crippen MR) is 97.5 cm³/mol. The van der Waals surface area contributed by atoms with E-state index >= 15 is 0 Å². The Morgan fingerprint density at radius 3 is 1.68 bits per heavy atom. The van der Waals surface area contributed by atoms with Gasteiger partial charge in [0.25, 0.3) is 0 Å². The number of halogens is 2. The first-order chi connectivity index (χ1) is 9.55. The molecule has 0 aromatic rings. The molecule has 0 aromatic carbocycles. The van der Waals surface area contributed by atoms with Gasteiger partial charge in [0, 0.05) is 0 Å². The summed E-state index contributed by atoms with van der Waals surface area (Å²) in [4.78, 5) is 12.1. The van der Waals surface area contributed by atoms with Gasteiger partial charge in [-0.3, -0.25) is 4.79 Å². The van der Waals surface area contributed by atoms with Crippen molar-refractivity contribution in [1.82, 2.24) is 0 Å². The molecule has 0 unspecified atom stereocenters. The third kappa shape index (κ3) is 3.31. The topological polar surface area (TPSA) is 17.1 Å². The highest BCUT2D eigenvalue weighted by Crippen LogP contribution is 2.58. The van der Waals surface area contributed by atoms with Crippen molar-refractivity contribution in [1.29, 1.82) is 0 Å². The van der Waals surface area contributed by atoms with Crippen LogP contribution in [0.15, 0.2) is 23.3 Å². The summed E-state index contributed by atoms with van der Waals surface area (Å²) in [5.74, 6) is -0.122. The molecule has 0 N–H and O–H groups in total. The summed E-state index contributed by atoms with van der Waals surface area (Å²) in [5, 5.41) is 0. The smallest absolute Gasteiger partial charge is 0.180 e. The van der Waals surface area contributed by atoms with Crippen LogP contribution in [0.4, 0.5) is 0 Å². The minimum absolute atomic E-state index is 0.0299. The summed E-state index contributed by atoms with van der Waals surface area (Å²) in [6, 6.07) is 0. The quantitative estimate of drug-likeness (QED) is 0.533. The second kappa shape index (κ2) is 5.67. The van der Waals surface area contributed by atoms with Crippen LogP contribution in [-0.4, -0.2) is 10.6 Å². The maximum atomic E-state index is 13.1. The van der Waals surface area contributed by atoms with E-state index in [4.69, 9.17) is 23.2 Å². The Labute approximate surface area is 146 Å². The minimum atomic E-state index is -1.03. The van der Waals surface area contributed by atoms with Crippen molar-refractivity contribution >= 4 is 29.0 Å². The van der Waals surface area contributed by atoms with Gasteiger partial charge in [0.05, 0.1) is 5.41 Å². The van der Waals surface area contributed by atoms with Crippen LogP contribution >= 0.6 is 23.2 Å². The van der Waals surface area contributed by atoms with Gasteiger partial charge in [0.2, 0.25) is 0 Å². The van der Waals surface area contributed by atoms with Crippen LogP contribution in [0, 0.1) is 21.7 Å². The SMILES string of the molecule is CC(C)(C)C1=C[C@](C(=O)C(Cl)Cl)(C(C)(C)C)C(C(C)(C)C)=C1. The molecule has 0 spiro atoms. The zero-order valence-electron chi connectivity index (χ0n) is 15.4. The first-order valence-electron chi connectivity index (χ1n) is 7.83. The van der Waals surface area contributed by atoms with Gasteiger partial charge in [0.15, 0.2) is 10.6 Å². The van der Waals surface area contributed by atoms with Crippen LogP contribution in [0.5, 0.6) is 0 Å². The fourth-order valence-electron chi connectivity index (χ4n) is 3.23. The summed E-state index contributed by atoms with van der Waals surface area (Å²) in [6.45, 7) is 19.2. The van der Waals surface area contributed by atoms with Crippen molar-refractivity contribution in [3.05, 3.63) is 23.3 Å². The van der Waals surface area contributed by atoms with Gasteiger partial charge < -0.3 is 0 Å². The highest BCUT2D eigenvalue weighted by molar-refractivity contribution is 6.54. The molecule has 1 nitrogen and oxygen atoms in total. The van der Waals surface area contributed by atoms with E-state index in [2.05, 4.69) is 74.5 Å². The average Bonchev–Trinajstić information content (AvgIpc) is 2.67. The lowest BCUT2D eigenvalue weighted by atomic mass is 9.56. The molecular weight excluding hydrogens is 315 g/mol. The van der Waals surface area contributed by atoms with E-state index in [1.165, 1.54) is 5.57 Å². The predicted octanol–water partition coefficient (Wildman–Crippen LogP) is 6.35. The summed E-state index contributed by atoms with van der Waals surface area (Å²) in [5.41, 5.74) is 1.04. The number of carbonyl (C=O) groups excluding carboxylic acids is 1. The highest BCUT2D eigenvalue weighted by atomic mass is 35.5. The van der Waals surface area contributed by atoms with Crippen LogP contribution in [0.1, 0.15) is 62.3 Å². The summed E-state index contributed by atoms with van der Waals surface area (Å²) >= 11 is 12.1. The standard InChI is InChI=1S/C19H30Cl2O/c1-16(2,3)12-10-13(17(4,5)6)19(11-12,18(7,8)9)14(22)15(20)21/h10-11,15H,1-9H3/t19-/m0/s1. The molecule has 0 aliphatic heterocycles. The fourth-order valence-corrected chi connectivity index (χ4v) is 3.57. The van der Waals surface area contributed by atoms with Crippen LogP contribution in [0.3, 0.4) is 0 Å². The molecule has 1 rings (SSSR count). The maximum absolute atomic E-state index is 13.1. The number of alkyl halides is 2. The molecule has 0 fully saturated rings. The van der Waals surface area contributed by atoms with Crippen molar-refractivity contribution in [3.63, 3.8) is 0 Å². The molecule has 1 atom stereocenters. The van der Waals surface area contributed by atoms with Crippen molar-refractivity contribution in [2.75, 3.05) is 0 Å². The van der Waals surface area contributed by atoms with Gasteiger partial charge in [-0.15, -0.1) is 0 Å². The van der Waals surface area contributed by atoms with E-state index in [1.807, 2.05) is 0 Å². The zero-order valence-corrected chi connectivity index (χ0v) is 16.9. The molecule has 0 heterocycles. The van der Waals surface area contributed by atoms with Gasteiger partial charge >= 0.3 is 0 Å². The molecule has 3 heteroatoms. The monoisotopic (exact) mass is 344 g/mol. The largest absolute Gasteiger partial charge is 0.295 e. The van der Waals surface area contributed by atoms with Gasteiger partial charge in [0.1, 0.15) is 0 Å². The van der Waals surface area contributed by atoms with E-state index < -0.39 is 10.3 Å². The lowest BCUT2D eigenvalue weighted by Gasteiger charge is -2.46. The van der Waals surface area contributed by atoms with Crippen molar-refractivity contribution in [3.8, 4) is 0 Å². The van der Waals surface area contributed by atoms with Gasteiger partial charge in [-0.2, -0.15) is 0 Å². The molecule has 0 aromatic heterocycles. The Kier molecular flexibility index (Phi) is 5.10. The molecule has 0 amide bonds. The Hall–Kier alpha value is -0.270. The Balaban J connectivity index is 3.76. The number of allylic oxidation sites excluding steroid dienone is 4. The Morgan fingerprint density at radius 2 is 1.41 bits per heavy atom. The summed E-state index contributed by atoms with van der Waals surface area (Å²) in [6.07, 6.45) is 4.31. The normalized spacial score (nSPS) is 23.6. The molecule has 126 valence electrons. The lowest BCUT2D eigenvalue weighted by Crippen LogP contribution is -2.47. The average molecular weight is 345 g/mol. The van der Waals surface area contributed by atoms with E-state index in [1.54, 1.807) is 0 Å². The van der Waals surface area contributed by atoms with E-state index in [9.17, 15) is 4.79 Å². The second-order valence-corrected chi connectivity index (χ2v) is 10.5. The van der Waals surface area contributed by atoms with Crippen LogP contribution < -0.4 is 0 Å². The first kappa shape index (κ1) is 19.8. The second-order valence-electron chi connectivity index (χ2n) is 9.38. The van der Waals surface area contributed by atoms with Crippen LogP contribution in [-0.2, 0) is 4.79 Å². The molecule has 0 bridgehead atoms. The summed E-state index contributed by atoms with van der Waals surface area (Å²) < 4.78 is 0. The third-order valence-electron chi connectivity index (χ3n) is 4.54. The van der Waals surface area contributed by atoms with Gasteiger partial charge in [-0.1, -0.05) is 97.7 Å². The molecule has 0 saturated carbocycles. The van der Waals surface area contributed by atoms with E-state index in [-0.39, 0.29) is 22.0 Å². The minimum Gasteiger partial charge on any atom is -0.295 e. The number of ketones is 1. The number of Topliss-reactive ketones (excluding diaryl/α,β-unsaturated/α-hetero) is 1. The highest BCUT2D eigenvalue weighted by Gasteiger charge is 2.56. The molecule has 1 aliphatic carbocycles. The molecular formula is C19H30Cl2O. The third-order valence-corrected chi connectivity index (χ3v) is 4.94. The molecule has 22 heavy (non-hydrogen) atoms. The van der Waals surface area contributed by atoms with E-state index in [0.29, 0.717) is 0 Å². The zero-order chi connectivity index (χ0) is 17.7. The van der Waals surface area contributed by atoms with Crippen molar-refractivity contribution in [2.45, 2.75) is 67.1 Å². The molecule has 1 aliphatic rings. The van der Waals surface area contributed by atoms with Crippen molar-refractivity contribution in [2.24, 2.45) is 21.7 Å². The molecule has 0 radical (unpaired) electrons. The Morgan fingerprint density at radius 1 is 0.955 bits per heavy atom. The lowest BCUT2D eigenvalue weighted by molar-refractivity contribution is -0.127. The number of carbonyl (C=O) groups is 1. The number of hydrogen-bond acceptors (Lipinski definition) is 1. The van der Waals surface area contributed by atoms with Gasteiger partial charge in [-0.05, 0) is 27.4 Å². The Bertz CT molecular complexity index is 519.